The van der Waals surface area contributed by atoms with Gasteiger partial charge in [0.15, 0.2) is 18.1 Å². The highest BCUT2D eigenvalue weighted by Gasteiger charge is 2.20. The molecule has 0 radical (unpaired) electrons. The average Bonchev–Trinajstić information content (AvgIpc) is 2.60. The number of hydrogen-bond acceptors (Lipinski definition) is 4. The molecular formula is C19H20N2O3. The third kappa shape index (κ3) is 4.05. The first-order valence-corrected chi connectivity index (χ1v) is 7.65. The molecule has 0 N–H and O–H groups in total. The highest BCUT2D eigenvalue weighted by molar-refractivity contribution is 5.94. The monoisotopic (exact) mass is 324 g/mol. The second-order valence-corrected chi connectivity index (χ2v) is 5.46. The molecule has 0 spiro atoms. The molecule has 2 rings (SSSR count). The van der Waals surface area contributed by atoms with Gasteiger partial charge in [-0.3, -0.25) is 4.79 Å². The van der Waals surface area contributed by atoms with E-state index in [1.807, 2.05) is 50.2 Å². The molecule has 0 bridgehead atoms. The van der Waals surface area contributed by atoms with E-state index in [9.17, 15) is 4.79 Å². The van der Waals surface area contributed by atoms with Crippen LogP contribution < -0.4 is 14.4 Å². The van der Waals surface area contributed by atoms with Crippen LogP contribution in [0.2, 0.25) is 0 Å². The lowest BCUT2D eigenvalue weighted by Crippen LogP contribution is -2.40. The molecule has 5 heteroatoms. The van der Waals surface area contributed by atoms with E-state index in [4.69, 9.17) is 14.7 Å². The number of anilines is 1. The number of nitrogens with zero attached hydrogens (tertiary/aromatic N) is 2. The van der Waals surface area contributed by atoms with Crippen molar-refractivity contribution in [3.63, 3.8) is 0 Å². The predicted octanol–water partition coefficient (Wildman–Crippen LogP) is 3.39. The summed E-state index contributed by atoms with van der Waals surface area (Å²) in [6.07, 6.45) is 0. The minimum absolute atomic E-state index is 0.00589. The second-order valence-electron chi connectivity index (χ2n) is 5.46. The lowest BCUT2D eigenvalue weighted by molar-refractivity contribution is -0.120. The summed E-state index contributed by atoms with van der Waals surface area (Å²) in [4.78, 5) is 14.3. The molecule has 24 heavy (non-hydrogen) atoms. The summed E-state index contributed by atoms with van der Waals surface area (Å²) < 4.78 is 10.8. The molecule has 0 saturated carbocycles. The number of para-hydroxylation sites is 1. The molecule has 2 aromatic rings. The van der Waals surface area contributed by atoms with Crippen LogP contribution in [0.5, 0.6) is 11.5 Å². The van der Waals surface area contributed by atoms with Gasteiger partial charge in [-0.25, -0.2) is 0 Å². The number of carbonyl (C=O) groups is 1. The molecule has 2 aromatic carbocycles. The van der Waals surface area contributed by atoms with Crippen LogP contribution in [0.1, 0.15) is 19.4 Å². The quantitative estimate of drug-likeness (QED) is 0.817. The number of hydrogen-bond donors (Lipinski definition) is 0. The molecule has 0 fully saturated rings. The van der Waals surface area contributed by atoms with E-state index < -0.39 is 0 Å². The Bertz CT molecular complexity index is 736. The van der Waals surface area contributed by atoms with Crippen LogP contribution in [0.15, 0.2) is 48.5 Å². The van der Waals surface area contributed by atoms with E-state index in [0.29, 0.717) is 17.1 Å². The van der Waals surface area contributed by atoms with Crippen molar-refractivity contribution in [1.82, 2.24) is 0 Å². The van der Waals surface area contributed by atoms with Gasteiger partial charge in [0.05, 0.1) is 18.7 Å². The van der Waals surface area contributed by atoms with Crippen molar-refractivity contribution in [2.24, 2.45) is 0 Å². The lowest BCUT2D eigenvalue weighted by atomic mass is 10.2. The fourth-order valence-electron chi connectivity index (χ4n) is 2.38. The third-order valence-corrected chi connectivity index (χ3v) is 3.46. The van der Waals surface area contributed by atoms with Crippen LogP contribution in [0.25, 0.3) is 0 Å². The van der Waals surface area contributed by atoms with E-state index in [0.717, 1.165) is 5.69 Å². The number of carbonyl (C=O) groups excluding carboxylic acids is 1. The van der Waals surface area contributed by atoms with Crippen LogP contribution >= 0.6 is 0 Å². The molecule has 0 unspecified atom stereocenters. The van der Waals surface area contributed by atoms with E-state index in [1.54, 1.807) is 23.1 Å². The van der Waals surface area contributed by atoms with Crippen LogP contribution in [0.3, 0.4) is 0 Å². The van der Waals surface area contributed by atoms with Gasteiger partial charge in [0.2, 0.25) is 0 Å². The van der Waals surface area contributed by atoms with Crippen molar-refractivity contribution in [3.8, 4) is 17.6 Å². The van der Waals surface area contributed by atoms with Crippen molar-refractivity contribution >= 4 is 11.6 Å². The van der Waals surface area contributed by atoms with Crippen molar-refractivity contribution < 1.29 is 14.3 Å². The Hall–Kier alpha value is -3.00. The zero-order valence-electron chi connectivity index (χ0n) is 14.0. The van der Waals surface area contributed by atoms with Gasteiger partial charge in [0.1, 0.15) is 0 Å². The fraction of sp³-hybridized carbons (Fsp3) is 0.263. The summed E-state index contributed by atoms with van der Waals surface area (Å²) in [5.74, 6) is 0.710. The molecule has 0 aliphatic rings. The SMILES string of the molecule is COc1cc(C#N)ccc1OCC(=O)N(c1ccccc1)C(C)C. The smallest absolute Gasteiger partial charge is 0.265 e. The number of rotatable bonds is 6. The van der Waals surface area contributed by atoms with Gasteiger partial charge in [-0.15, -0.1) is 0 Å². The Morgan fingerprint density at radius 2 is 1.88 bits per heavy atom. The van der Waals surface area contributed by atoms with Gasteiger partial charge in [-0.1, -0.05) is 18.2 Å². The van der Waals surface area contributed by atoms with Gasteiger partial charge in [0, 0.05) is 17.8 Å². The van der Waals surface area contributed by atoms with Crippen LogP contribution in [-0.2, 0) is 4.79 Å². The number of methoxy groups -OCH3 is 1. The average molecular weight is 324 g/mol. The van der Waals surface area contributed by atoms with Crippen molar-refractivity contribution in [3.05, 3.63) is 54.1 Å². The summed E-state index contributed by atoms with van der Waals surface area (Å²) in [6, 6.07) is 16.3. The first-order valence-electron chi connectivity index (χ1n) is 7.65. The second kappa shape index (κ2) is 8.02. The molecule has 1 amide bonds. The van der Waals surface area contributed by atoms with E-state index in [2.05, 4.69) is 0 Å². The standard InChI is InChI=1S/C19H20N2O3/c1-14(2)21(16-7-5-4-6-8-16)19(22)13-24-17-10-9-15(12-20)11-18(17)23-3/h4-11,14H,13H2,1-3H3. The van der Waals surface area contributed by atoms with Crippen molar-refractivity contribution in [2.45, 2.75) is 19.9 Å². The Kier molecular flexibility index (Phi) is 5.80. The van der Waals surface area contributed by atoms with Gasteiger partial charge in [0.25, 0.3) is 5.91 Å². The summed E-state index contributed by atoms with van der Waals surface area (Å²) in [7, 11) is 1.50. The zero-order valence-corrected chi connectivity index (χ0v) is 14.0. The topological polar surface area (TPSA) is 62.6 Å². The minimum Gasteiger partial charge on any atom is -0.493 e. The predicted molar refractivity (Wildman–Crippen MR) is 92.3 cm³/mol. The van der Waals surface area contributed by atoms with Crippen molar-refractivity contribution in [2.75, 3.05) is 18.6 Å². The summed E-state index contributed by atoms with van der Waals surface area (Å²) in [6.45, 7) is 3.79. The maximum Gasteiger partial charge on any atom is 0.265 e. The third-order valence-electron chi connectivity index (χ3n) is 3.46. The molecule has 0 aliphatic carbocycles. The summed E-state index contributed by atoms with van der Waals surface area (Å²) >= 11 is 0. The molecule has 0 aromatic heterocycles. The fourth-order valence-corrected chi connectivity index (χ4v) is 2.38. The highest BCUT2D eigenvalue weighted by atomic mass is 16.5. The molecule has 0 saturated heterocycles. The highest BCUT2D eigenvalue weighted by Crippen LogP contribution is 2.28. The van der Waals surface area contributed by atoms with Crippen LogP contribution in [0, 0.1) is 11.3 Å². The van der Waals surface area contributed by atoms with Gasteiger partial charge in [-0.2, -0.15) is 5.26 Å². The maximum atomic E-state index is 12.6. The minimum atomic E-state index is -0.150. The van der Waals surface area contributed by atoms with Crippen molar-refractivity contribution in [1.29, 1.82) is 5.26 Å². The molecule has 124 valence electrons. The Morgan fingerprint density at radius 3 is 2.46 bits per heavy atom. The maximum absolute atomic E-state index is 12.6. The van der Waals surface area contributed by atoms with Gasteiger partial charge in [-0.05, 0) is 38.1 Å². The first-order chi connectivity index (χ1) is 11.6. The normalized spacial score (nSPS) is 10.1. The molecule has 0 heterocycles. The van der Waals surface area contributed by atoms with Gasteiger partial charge >= 0.3 is 0 Å². The Balaban J connectivity index is 2.13. The van der Waals surface area contributed by atoms with E-state index >= 15 is 0 Å². The van der Waals surface area contributed by atoms with Crippen LogP contribution in [0.4, 0.5) is 5.69 Å². The summed E-state index contributed by atoms with van der Waals surface area (Å²) in [5, 5.41) is 8.92. The summed E-state index contributed by atoms with van der Waals surface area (Å²) in [5.41, 5.74) is 1.30. The first kappa shape index (κ1) is 17.4. The molecule has 0 aliphatic heterocycles. The molecule has 5 nitrogen and oxygen atoms in total. The zero-order chi connectivity index (χ0) is 17.5. The number of benzene rings is 2. The van der Waals surface area contributed by atoms with Crippen LogP contribution in [-0.4, -0.2) is 25.7 Å². The molecular weight excluding hydrogens is 304 g/mol. The number of ether oxygens (including phenoxy) is 2. The van der Waals surface area contributed by atoms with Gasteiger partial charge < -0.3 is 14.4 Å². The number of nitriles is 1. The lowest BCUT2D eigenvalue weighted by Gasteiger charge is -2.27. The van der Waals surface area contributed by atoms with E-state index in [-0.39, 0.29) is 18.6 Å². The Labute approximate surface area is 142 Å². The largest absolute Gasteiger partial charge is 0.493 e. The number of amides is 1. The Morgan fingerprint density at radius 1 is 1.17 bits per heavy atom. The van der Waals surface area contributed by atoms with E-state index in [1.165, 1.54) is 7.11 Å². The molecule has 0 atom stereocenters.